The molecule has 1 aromatic carbocycles. The van der Waals surface area contributed by atoms with Crippen LogP contribution in [0, 0.1) is 0 Å². The van der Waals surface area contributed by atoms with E-state index in [1.54, 1.807) is 7.11 Å². The molecule has 0 aliphatic carbocycles. The van der Waals surface area contributed by atoms with Crippen LogP contribution in [0.4, 0.5) is 0 Å². The second-order valence-electron chi connectivity index (χ2n) is 4.15. The molecular weight excluding hydrogens is 324 g/mol. The predicted molar refractivity (Wildman–Crippen MR) is 83.4 cm³/mol. The van der Waals surface area contributed by atoms with Gasteiger partial charge in [0.15, 0.2) is 11.5 Å². The first-order valence-corrected chi connectivity index (χ1v) is 7.35. The number of likely N-dealkylation sites (N-methyl/N-ethyl adjacent to an activating group) is 1. The molecule has 0 heterocycles. The van der Waals surface area contributed by atoms with Crippen LogP contribution in [0.1, 0.15) is 19.4 Å². The molecule has 0 saturated carbocycles. The summed E-state index contributed by atoms with van der Waals surface area (Å²) in [6, 6.07) is 3.64. The van der Waals surface area contributed by atoms with Gasteiger partial charge in [-0.15, -0.1) is 0 Å². The molecule has 1 aromatic rings. The van der Waals surface area contributed by atoms with Crippen molar-refractivity contribution < 1.29 is 14.7 Å². The number of hydrogen-bond donors (Lipinski definition) is 1. The monoisotopic (exact) mass is 344 g/mol. The lowest BCUT2D eigenvalue weighted by Gasteiger charge is -2.19. The van der Waals surface area contributed by atoms with Gasteiger partial charge in [-0.3, -0.25) is 0 Å². The van der Waals surface area contributed by atoms with Crippen LogP contribution in [0.15, 0.2) is 21.8 Å². The van der Waals surface area contributed by atoms with E-state index in [0.29, 0.717) is 23.7 Å². The van der Waals surface area contributed by atoms with Crippen LogP contribution in [0.3, 0.4) is 0 Å². The van der Waals surface area contributed by atoms with Crippen molar-refractivity contribution in [1.82, 2.24) is 4.90 Å². The molecule has 0 saturated heterocycles. The highest BCUT2D eigenvalue weighted by molar-refractivity contribution is 9.10. The first-order valence-electron chi connectivity index (χ1n) is 6.56. The van der Waals surface area contributed by atoms with Crippen LogP contribution in [-0.2, 0) is 0 Å². The van der Waals surface area contributed by atoms with Gasteiger partial charge in [0.05, 0.1) is 13.3 Å². The van der Waals surface area contributed by atoms with E-state index < -0.39 is 0 Å². The van der Waals surface area contributed by atoms with Gasteiger partial charge in [-0.2, -0.15) is 0 Å². The minimum atomic E-state index is 0.548. The van der Waals surface area contributed by atoms with E-state index in [0.717, 1.165) is 24.1 Å². The lowest BCUT2D eigenvalue weighted by Crippen LogP contribution is -2.28. The van der Waals surface area contributed by atoms with E-state index in [1.165, 1.54) is 6.21 Å². The number of hydrogen-bond acceptors (Lipinski definition) is 5. The quantitative estimate of drug-likeness (QED) is 0.447. The van der Waals surface area contributed by atoms with Crippen molar-refractivity contribution in [3.05, 3.63) is 22.2 Å². The second kappa shape index (κ2) is 8.81. The Morgan fingerprint density at radius 2 is 2.05 bits per heavy atom. The number of oxime groups is 1. The van der Waals surface area contributed by atoms with Gasteiger partial charge in [0, 0.05) is 16.6 Å². The highest BCUT2D eigenvalue weighted by Gasteiger charge is 2.12. The zero-order valence-corrected chi connectivity index (χ0v) is 13.7. The average molecular weight is 345 g/mol. The zero-order valence-electron chi connectivity index (χ0n) is 12.1. The van der Waals surface area contributed by atoms with Gasteiger partial charge in [0.1, 0.15) is 6.61 Å². The average Bonchev–Trinajstić information content (AvgIpc) is 2.45. The van der Waals surface area contributed by atoms with Crippen LogP contribution in [0.2, 0.25) is 0 Å². The van der Waals surface area contributed by atoms with Crippen molar-refractivity contribution in [3.63, 3.8) is 0 Å². The number of benzene rings is 1. The molecule has 0 aromatic heterocycles. The summed E-state index contributed by atoms with van der Waals surface area (Å²) in [4.78, 5) is 2.27. The van der Waals surface area contributed by atoms with Crippen molar-refractivity contribution >= 4 is 22.1 Å². The summed E-state index contributed by atoms with van der Waals surface area (Å²) < 4.78 is 12.0. The summed E-state index contributed by atoms with van der Waals surface area (Å²) in [6.07, 6.45) is 1.33. The number of rotatable bonds is 8. The molecule has 0 amide bonds. The molecule has 0 fully saturated rings. The fourth-order valence-electron chi connectivity index (χ4n) is 1.87. The topological polar surface area (TPSA) is 54.3 Å². The first kappa shape index (κ1) is 16.8. The van der Waals surface area contributed by atoms with Crippen LogP contribution in [0.5, 0.6) is 11.5 Å². The summed E-state index contributed by atoms with van der Waals surface area (Å²) in [6.45, 7) is 7.60. The Bertz CT molecular complexity index is 448. The summed E-state index contributed by atoms with van der Waals surface area (Å²) in [5, 5.41) is 11.8. The standard InChI is InChI=1S/C14H21BrN2O3/c1-4-17(5-2)6-7-20-14-11(10-16-18)8-12(15)9-13(14)19-3/h8-10,18H,4-7H2,1-3H3. The predicted octanol–water partition coefficient (Wildman–Crippen LogP) is 2.99. The van der Waals surface area contributed by atoms with Crippen molar-refractivity contribution in [3.8, 4) is 11.5 Å². The Balaban J connectivity index is 2.86. The zero-order chi connectivity index (χ0) is 15.0. The molecule has 0 spiro atoms. The maximum absolute atomic E-state index is 8.74. The molecule has 112 valence electrons. The number of methoxy groups -OCH3 is 1. The lowest BCUT2D eigenvalue weighted by atomic mass is 10.2. The number of ether oxygens (including phenoxy) is 2. The number of halogens is 1. The summed E-state index contributed by atoms with van der Waals surface area (Å²) in [5.74, 6) is 1.19. The van der Waals surface area contributed by atoms with Gasteiger partial charge >= 0.3 is 0 Å². The first-order chi connectivity index (χ1) is 9.65. The summed E-state index contributed by atoms with van der Waals surface area (Å²) in [5.41, 5.74) is 0.665. The minimum Gasteiger partial charge on any atom is -0.493 e. The maximum Gasteiger partial charge on any atom is 0.170 e. The van der Waals surface area contributed by atoms with Crippen molar-refractivity contribution in [2.75, 3.05) is 33.4 Å². The van der Waals surface area contributed by atoms with Crippen molar-refractivity contribution in [2.24, 2.45) is 5.16 Å². The molecule has 20 heavy (non-hydrogen) atoms. The van der Waals surface area contributed by atoms with Gasteiger partial charge in [-0.1, -0.05) is 34.9 Å². The van der Waals surface area contributed by atoms with Gasteiger partial charge < -0.3 is 19.6 Å². The van der Waals surface area contributed by atoms with Gasteiger partial charge in [0.2, 0.25) is 0 Å². The Morgan fingerprint density at radius 3 is 2.60 bits per heavy atom. The smallest absolute Gasteiger partial charge is 0.170 e. The van der Waals surface area contributed by atoms with Gasteiger partial charge in [-0.05, 0) is 25.2 Å². The Morgan fingerprint density at radius 1 is 1.35 bits per heavy atom. The molecule has 0 aliphatic heterocycles. The van der Waals surface area contributed by atoms with E-state index in [-0.39, 0.29) is 0 Å². The van der Waals surface area contributed by atoms with Gasteiger partial charge in [0.25, 0.3) is 0 Å². The molecule has 0 atom stereocenters. The highest BCUT2D eigenvalue weighted by Crippen LogP contribution is 2.34. The normalized spacial score (nSPS) is 11.2. The van der Waals surface area contributed by atoms with Crippen LogP contribution in [0.25, 0.3) is 0 Å². The minimum absolute atomic E-state index is 0.548. The van der Waals surface area contributed by atoms with Crippen molar-refractivity contribution in [2.45, 2.75) is 13.8 Å². The van der Waals surface area contributed by atoms with E-state index in [4.69, 9.17) is 14.7 Å². The largest absolute Gasteiger partial charge is 0.493 e. The van der Waals surface area contributed by atoms with E-state index in [1.807, 2.05) is 12.1 Å². The third kappa shape index (κ3) is 4.68. The van der Waals surface area contributed by atoms with E-state index in [2.05, 4.69) is 39.8 Å². The molecule has 0 unspecified atom stereocenters. The molecule has 0 bridgehead atoms. The van der Waals surface area contributed by atoms with Crippen LogP contribution < -0.4 is 9.47 Å². The molecule has 0 radical (unpaired) electrons. The fraction of sp³-hybridized carbons (Fsp3) is 0.500. The summed E-state index contributed by atoms with van der Waals surface area (Å²) >= 11 is 3.38. The Kier molecular flexibility index (Phi) is 7.40. The van der Waals surface area contributed by atoms with Crippen molar-refractivity contribution in [1.29, 1.82) is 0 Å². The third-order valence-corrected chi connectivity index (χ3v) is 3.47. The third-order valence-electron chi connectivity index (χ3n) is 3.01. The highest BCUT2D eigenvalue weighted by atomic mass is 79.9. The van der Waals surface area contributed by atoms with Crippen LogP contribution >= 0.6 is 15.9 Å². The molecule has 5 nitrogen and oxygen atoms in total. The molecular formula is C14H21BrN2O3. The number of nitrogens with zero attached hydrogens (tertiary/aromatic N) is 2. The Labute approximate surface area is 128 Å². The fourth-order valence-corrected chi connectivity index (χ4v) is 2.32. The van der Waals surface area contributed by atoms with Crippen LogP contribution in [-0.4, -0.2) is 49.7 Å². The van der Waals surface area contributed by atoms with Gasteiger partial charge in [-0.25, -0.2) is 0 Å². The lowest BCUT2D eigenvalue weighted by molar-refractivity contribution is 0.217. The maximum atomic E-state index is 8.74. The Hall–Kier alpha value is -1.27. The molecule has 1 N–H and O–H groups in total. The van der Waals surface area contributed by atoms with E-state index in [9.17, 15) is 0 Å². The molecule has 1 rings (SSSR count). The second-order valence-corrected chi connectivity index (χ2v) is 5.06. The molecule has 6 heteroatoms. The summed E-state index contributed by atoms with van der Waals surface area (Å²) in [7, 11) is 1.58. The van der Waals surface area contributed by atoms with E-state index >= 15 is 0 Å². The molecule has 0 aliphatic rings. The SMILES string of the molecule is CCN(CC)CCOc1c(C=NO)cc(Br)cc1OC.